The van der Waals surface area contributed by atoms with Gasteiger partial charge in [-0.1, -0.05) is 13.0 Å². The van der Waals surface area contributed by atoms with Gasteiger partial charge in [0.05, 0.1) is 0 Å². The monoisotopic (exact) mass is 170 g/mol. The van der Waals surface area contributed by atoms with Gasteiger partial charge >= 0.3 is 0 Å². The summed E-state index contributed by atoms with van der Waals surface area (Å²) in [7, 11) is 0. The van der Waals surface area contributed by atoms with Gasteiger partial charge in [-0.25, -0.2) is 0 Å². The van der Waals surface area contributed by atoms with Crippen LogP contribution in [0.15, 0.2) is 11.8 Å². The summed E-state index contributed by atoms with van der Waals surface area (Å²) in [5.41, 5.74) is 6.73. The molecule has 0 aromatic carbocycles. The van der Waals surface area contributed by atoms with Gasteiger partial charge in [0.15, 0.2) is 0 Å². The predicted octanol–water partition coefficient (Wildman–Crippen LogP) is 1.97. The first-order chi connectivity index (χ1) is 5.61. The molecule has 2 heteroatoms. The van der Waals surface area contributed by atoms with Crippen LogP contribution in [0.5, 0.6) is 0 Å². The molecule has 0 radical (unpaired) electrons. The minimum Gasteiger partial charge on any atom is -0.401 e. The van der Waals surface area contributed by atoms with Crippen molar-refractivity contribution in [3.63, 3.8) is 0 Å². The molecule has 0 aromatic rings. The van der Waals surface area contributed by atoms with E-state index in [0.29, 0.717) is 6.04 Å². The molecule has 2 nitrogen and oxygen atoms in total. The Labute approximate surface area is 76.4 Å². The summed E-state index contributed by atoms with van der Waals surface area (Å²) in [5.74, 6) is 0. The van der Waals surface area contributed by atoms with Crippen LogP contribution >= 0.6 is 0 Å². The van der Waals surface area contributed by atoms with E-state index in [1.165, 1.54) is 6.42 Å². The van der Waals surface area contributed by atoms with Crippen molar-refractivity contribution in [2.24, 2.45) is 5.73 Å². The molecule has 0 aromatic heterocycles. The molecule has 0 aliphatic heterocycles. The molecule has 0 aliphatic rings. The minimum absolute atomic E-state index is 0.587. The normalized spacial score (nSPS) is 13.0. The third-order valence-electron chi connectivity index (χ3n) is 2.00. The van der Waals surface area contributed by atoms with Gasteiger partial charge in [0, 0.05) is 18.3 Å². The van der Waals surface area contributed by atoms with Gasteiger partial charge in [-0.05, 0) is 33.7 Å². The van der Waals surface area contributed by atoms with Crippen LogP contribution in [0.3, 0.4) is 0 Å². The molecule has 0 fully saturated rings. The molecule has 72 valence electrons. The maximum atomic E-state index is 5.76. The van der Waals surface area contributed by atoms with Crippen molar-refractivity contribution in [3.05, 3.63) is 11.8 Å². The molecule has 0 unspecified atom stereocenters. The second kappa shape index (κ2) is 6.06. The van der Waals surface area contributed by atoms with Crippen molar-refractivity contribution < 1.29 is 0 Å². The minimum atomic E-state index is 0.587. The summed E-state index contributed by atoms with van der Waals surface area (Å²) < 4.78 is 0. The Morgan fingerprint density at radius 2 is 2.08 bits per heavy atom. The summed E-state index contributed by atoms with van der Waals surface area (Å²) in [5, 5.41) is 0. The Balaban J connectivity index is 3.95. The number of rotatable bonds is 5. The van der Waals surface area contributed by atoms with Gasteiger partial charge in [-0.15, -0.1) is 0 Å². The lowest BCUT2D eigenvalue weighted by Crippen LogP contribution is -2.34. The Morgan fingerprint density at radius 1 is 1.50 bits per heavy atom. The number of hydrogen-bond donors (Lipinski definition) is 1. The van der Waals surface area contributed by atoms with Gasteiger partial charge in [0.25, 0.3) is 0 Å². The van der Waals surface area contributed by atoms with Crippen LogP contribution in [0.25, 0.3) is 0 Å². The highest BCUT2D eigenvalue weighted by Crippen LogP contribution is 2.01. The molecule has 0 atom stereocenters. The molecular weight excluding hydrogens is 148 g/mol. The van der Waals surface area contributed by atoms with E-state index in [1.54, 1.807) is 0 Å². The summed E-state index contributed by atoms with van der Waals surface area (Å²) in [6, 6.07) is 0.587. The fraction of sp³-hybridized carbons (Fsp3) is 0.800. The highest BCUT2D eigenvalue weighted by Gasteiger charge is 2.07. The van der Waals surface area contributed by atoms with E-state index in [4.69, 9.17) is 5.73 Å². The lowest BCUT2D eigenvalue weighted by atomic mass is 10.2. The van der Waals surface area contributed by atoms with Crippen molar-refractivity contribution in [2.45, 2.75) is 40.2 Å². The summed E-state index contributed by atoms with van der Waals surface area (Å²) in [4.78, 5) is 2.38. The molecule has 12 heavy (non-hydrogen) atoms. The van der Waals surface area contributed by atoms with E-state index in [0.717, 1.165) is 18.8 Å². The predicted molar refractivity (Wildman–Crippen MR) is 54.9 cm³/mol. The molecule has 2 N–H and O–H groups in total. The molecular formula is C10H22N2. The third kappa shape index (κ3) is 4.39. The fourth-order valence-electron chi connectivity index (χ4n) is 1.13. The smallest absolute Gasteiger partial charge is 0.0379 e. The van der Waals surface area contributed by atoms with Crippen molar-refractivity contribution in [3.8, 4) is 0 Å². The van der Waals surface area contributed by atoms with Gasteiger partial charge in [0.2, 0.25) is 0 Å². The van der Waals surface area contributed by atoms with Crippen molar-refractivity contribution in [2.75, 3.05) is 13.1 Å². The van der Waals surface area contributed by atoms with Crippen LogP contribution in [-0.2, 0) is 0 Å². The van der Waals surface area contributed by atoms with E-state index in [9.17, 15) is 0 Å². The van der Waals surface area contributed by atoms with Gasteiger partial charge in [-0.3, -0.25) is 4.90 Å². The first kappa shape index (κ1) is 11.5. The lowest BCUT2D eigenvalue weighted by Gasteiger charge is -2.25. The van der Waals surface area contributed by atoms with Crippen LogP contribution in [0.2, 0.25) is 0 Å². The Hall–Kier alpha value is -0.500. The molecule has 0 saturated carbocycles. The largest absolute Gasteiger partial charge is 0.401 e. The second-order valence-electron chi connectivity index (χ2n) is 3.43. The lowest BCUT2D eigenvalue weighted by molar-refractivity contribution is 0.240. The summed E-state index contributed by atoms with van der Waals surface area (Å²) in [6.07, 6.45) is 3.17. The molecule has 0 amide bonds. The summed E-state index contributed by atoms with van der Waals surface area (Å²) in [6.45, 7) is 10.6. The number of nitrogens with zero attached hydrogens (tertiary/aromatic N) is 1. The zero-order valence-electron chi connectivity index (χ0n) is 8.80. The fourth-order valence-corrected chi connectivity index (χ4v) is 1.13. The average molecular weight is 170 g/mol. The number of hydrogen-bond acceptors (Lipinski definition) is 2. The van der Waals surface area contributed by atoms with Crippen molar-refractivity contribution in [1.82, 2.24) is 4.90 Å². The molecule has 0 rings (SSSR count). The van der Waals surface area contributed by atoms with E-state index >= 15 is 0 Å². The maximum absolute atomic E-state index is 5.76. The van der Waals surface area contributed by atoms with Crippen LogP contribution in [0.4, 0.5) is 0 Å². The van der Waals surface area contributed by atoms with Gasteiger partial charge < -0.3 is 5.73 Å². The SMILES string of the molecule is C/C=C(/N)CN(CCC)C(C)C. The Bertz CT molecular complexity index is 139. The summed E-state index contributed by atoms with van der Waals surface area (Å²) >= 11 is 0. The second-order valence-corrected chi connectivity index (χ2v) is 3.43. The van der Waals surface area contributed by atoms with E-state index in [-0.39, 0.29) is 0 Å². The molecule has 0 heterocycles. The van der Waals surface area contributed by atoms with Crippen molar-refractivity contribution in [1.29, 1.82) is 0 Å². The van der Waals surface area contributed by atoms with Crippen LogP contribution in [0.1, 0.15) is 34.1 Å². The quantitative estimate of drug-likeness (QED) is 0.683. The van der Waals surface area contributed by atoms with Crippen LogP contribution in [-0.4, -0.2) is 24.0 Å². The van der Waals surface area contributed by atoms with Gasteiger partial charge in [0.1, 0.15) is 0 Å². The molecule has 0 aliphatic carbocycles. The topological polar surface area (TPSA) is 29.3 Å². The molecule has 0 saturated heterocycles. The standard InChI is InChI=1S/C10H22N2/c1-5-7-12(9(3)4)8-10(11)6-2/h6,9H,5,7-8,11H2,1-4H3/b10-6+. The van der Waals surface area contributed by atoms with Crippen LogP contribution < -0.4 is 5.73 Å². The number of nitrogens with two attached hydrogens (primary N) is 1. The van der Waals surface area contributed by atoms with E-state index in [2.05, 4.69) is 25.7 Å². The highest BCUT2D eigenvalue weighted by atomic mass is 15.1. The van der Waals surface area contributed by atoms with E-state index < -0.39 is 0 Å². The maximum Gasteiger partial charge on any atom is 0.0379 e. The first-order valence-corrected chi connectivity index (χ1v) is 4.76. The zero-order valence-corrected chi connectivity index (χ0v) is 8.80. The Morgan fingerprint density at radius 3 is 2.42 bits per heavy atom. The van der Waals surface area contributed by atoms with Crippen LogP contribution in [0, 0.1) is 0 Å². The van der Waals surface area contributed by atoms with Crippen molar-refractivity contribution >= 4 is 0 Å². The zero-order chi connectivity index (χ0) is 9.56. The highest BCUT2D eigenvalue weighted by molar-refractivity contribution is 4.97. The first-order valence-electron chi connectivity index (χ1n) is 4.76. The van der Waals surface area contributed by atoms with Gasteiger partial charge in [-0.2, -0.15) is 0 Å². The molecule has 0 spiro atoms. The number of allylic oxidation sites excluding steroid dienone is 1. The van der Waals surface area contributed by atoms with E-state index in [1.807, 2.05) is 13.0 Å². The third-order valence-corrected chi connectivity index (χ3v) is 2.00. The Kier molecular flexibility index (Phi) is 5.81. The molecule has 0 bridgehead atoms. The average Bonchev–Trinajstić information content (AvgIpc) is 2.03.